The quantitative estimate of drug-likeness (QED) is 0.615. The van der Waals surface area contributed by atoms with Crippen molar-refractivity contribution in [1.29, 1.82) is 0 Å². The van der Waals surface area contributed by atoms with Gasteiger partial charge in [-0.1, -0.05) is 36.2 Å². The van der Waals surface area contributed by atoms with Gasteiger partial charge in [-0.15, -0.1) is 12.4 Å². The Morgan fingerprint density at radius 2 is 2.11 bits per heavy atom. The average molecular weight is 419 g/mol. The minimum atomic E-state index is 0. The van der Waals surface area contributed by atoms with Crippen molar-refractivity contribution in [2.75, 3.05) is 6.54 Å². The monoisotopic (exact) mass is 418 g/mol. The van der Waals surface area contributed by atoms with Crippen LogP contribution in [0.3, 0.4) is 0 Å². The Morgan fingerprint density at radius 1 is 1.25 bits per heavy atom. The highest BCUT2D eigenvalue weighted by atomic mass is 35.5. The molecule has 0 radical (unpaired) electrons. The summed E-state index contributed by atoms with van der Waals surface area (Å²) in [5.74, 6) is 0.927. The molecule has 2 unspecified atom stereocenters. The fraction of sp³-hybridized carbons (Fsp3) is 0.478. The summed E-state index contributed by atoms with van der Waals surface area (Å²) in [4.78, 5) is 18.6. The van der Waals surface area contributed by atoms with Crippen LogP contribution in [-0.4, -0.2) is 27.9 Å². The molecular formula is C23H28Cl2N2O. The Labute approximate surface area is 178 Å². The van der Waals surface area contributed by atoms with Crippen molar-refractivity contribution >= 4 is 29.9 Å². The highest BCUT2D eigenvalue weighted by molar-refractivity contribution is 6.31. The van der Waals surface area contributed by atoms with Crippen LogP contribution >= 0.6 is 24.0 Å². The lowest BCUT2D eigenvalue weighted by Crippen LogP contribution is -2.50. The van der Waals surface area contributed by atoms with Crippen LogP contribution < -0.4 is 0 Å². The molecule has 1 aromatic heterocycles. The zero-order valence-corrected chi connectivity index (χ0v) is 17.9. The van der Waals surface area contributed by atoms with Crippen molar-refractivity contribution in [3.63, 3.8) is 0 Å². The van der Waals surface area contributed by atoms with E-state index in [1.807, 2.05) is 12.3 Å². The van der Waals surface area contributed by atoms with E-state index < -0.39 is 0 Å². The maximum atomic E-state index is 12.3. The number of pyridine rings is 1. The number of hydrogen-bond donors (Lipinski definition) is 0. The van der Waals surface area contributed by atoms with Crippen LogP contribution in [0.1, 0.15) is 51.0 Å². The second kappa shape index (κ2) is 8.84. The van der Waals surface area contributed by atoms with Gasteiger partial charge in [0.1, 0.15) is 0 Å². The van der Waals surface area contributed by atoms with E-state index in [2.05, 4.69) is 41.1 Å². The maximum Gasteiger partial charge on any atom is 0.223 e. The van der Waals surface area contributed by atoms with Gasteiger partial charge in [-0.3, -0.25) is 9.78 Å². The molecule has 28 heavy (non-hydrogen) atoms. The Bertz CT molecular complexity index is 827. The van der Waals surface area contributed by atoms with E-state index in [9.17, 15) is 4.79 Å². The fourth-order valence-corrected chi connectivity index (χ4v) is 5.23. The molecule has 0 bridgehead atoms. The molecule has 2 atom stereocenters. The van der Waals surface area contributed by atoms with Crippen molar-refractivity contribution in [1.82, 2.24) is 9.88 Å². The van der Waals surface area contributed by atoms with Gasteiger partial charge in [-0.2, -0.15) is 0 Å². The molecule has 0 spiro atoms. The molecule has 150 valence electrons. The van der Waals surface area contributed by atoms with E-state index >= 15 is 0 Å². The first-order chi connectivity index (χ1) is 13.0. The minimum absolute atomic E-state index is 0. The molecule has 3 nitrogen and oxygen atoms in total. The van der Waals surface area contributed by atoms with Gasteiger partial charge >= 0.3 is 0 Å². The number of amides is 1. The lowest BCUT2D eigenvalue weighted by Gasteiger charge is -2.45. The topological polar surface area (TPSA) is 33.2 Å². The van der Waals surface area contributed by atoms with Gasteiger partial charge in [0.05, 0.1) is 0 Å². The molecule has 1 aliphatic heterocycles. The summed E-state index contributed by atoms with van der Waals surface area (Å²) < 4.78 is 0. The highest BCUT2D eigenvalue weighted by Crippen LogP contribution is 2.40. The first-order valence-corrected chi connectivity index (χ1v) is 10.4. The summed E-state index contributed by atoms with van der Waals surface area (Å²) in [6, 6.07) is 10.4. The van der Waals surface area contributed by atoms with Crippen LogP contribution in [0.4, 0.5) is 0 Å². The summed E-state index contributed by atoms with van der Waals surface area (Å²) in [6.45, 7) is 3.22. The van der Waals surface area contributed by atoms with E-state index in [1.165, 1.54) is 18.4 Å². The van der Waals surface area contributed by atoms with Crippen LogP contribution in [0.25, 0.3) is 11.1 Å². The number of hydrogen-bond acceptors (Lipinski definition) is 2. The molecule has 4 rings (SSSR count). The molecule has 1 saturated heterocycles. The number of nitrogens with zero attached hydrogens (tertiary/aromatic N) is 2. The number of carbonyl (C=O) groups excluding carboxylic acids is 1. The van der Waals surface area contributed by atoms with Gasteiger partial charge in [0.15, 0.2) is 0 Å². The molecule has 1 saturated carbocycles. The molecule has 2 aliphatic rings. The Morgan fingerprint density at radius 3 is 2.79 bits per heavy atom. The minimum Gasteiger partial charge on any atom is -0.337 e. The highest BCUT2D eigenvalue weighted by Gasteiger charge is 2.41. The van der Waals surface area contributed by atoms with Crippen LogP contribution in [0.2, 0.25) is 5.02 Å². The number of carbonyl (C=O) groups is 1. The number of halogens is 2. The third kappa shape index (κ3) is 4.36. The first kappa shape index (κ1) is 21.1. The van der Waals surface area contributed by atoms with Gasteiger partial charge < -0.3 is 4.90 Å². The van der Waals surface area contributed by atoms with E-state index in [4.69, 9.17) is 11.6 Å². The Kier molecular flexibility index (Phi) is 6.67. The lowest BCUT2D eigenvalue weighted by molar-refractivity contribution is -0.134. The summed E-state index contributed by atoms with van der Waals surface area (Å²) in [7, 11) is 0. The predicted octanol–water partition coefficient (Wildman–Crippen LogP) is 5.94. The maximum absolute atomic E-state index is 12.3. The van der Waals surface area contributed by atoms with E-state index in [1.54, 1.807) is 6.20 Å². The van der Waals surface area contributed by atoms with Crippen LogP contribution in [0, 0.1) is 5.92 Å². The standard InChI is InChI=1S/C23H27ClN2O.ClH/c1-23(26-12-4-7-22(26)27)10-2-5-17(15-23)13-19-9-8-18(14-21(19)24)20-6-3-11-25-16-20;/h3,6,8-9,11,14,16-17H,2,4-5,7,10,12-13,15H2,1H3;1H. The van der Waals surface area contributed by atoms with Crippen molar-refractivity contribution in [2.24, 2.45) is 5.92 Å². The molecule has 2 aromatic rings. The molecule has 2 heterocycles. The number of rotatable bonds is 4. The zero-order chi connectivity index (χ0) is 18.9. The third-order valence-electron chi connectivity index (χ3n) is 6.34. The second-order valence-corrected chi connectivity index (χ2v) is 8.77. The second-order valence-electron chi connectivity index (χ2n) is 8.36. The third-order valence-corrected chi connectivity index (χ3v) is 6.69. The molecule has 1 aliphatic carbocycles. The van der Waals surface area contributed by atoms with Crippen molar-refractivity contribution in [2.45, 2.75) is 57.4 Å². The fourth-order valence-electron chi connectivity index (χ4n) is 4.97. The number of aromatic nitrogens is 1. The van der Waals surface area contributed by atoms with Crippen molar-refractivity contribution < 1.29 is 4.79 Å². The Balaban J connectivity index is 0.00000225. The molecule has 2 fully saturated rings. The van der Waals surface area contributed by atoms with Crippen LogP contribution in [0.15, 0.2) is 42.7 Å². The molecular weight excluding hydrogens is 391 g/mol. The van der Waals surface area contributed by atoms with Crippen molar-refractivity contribution in [3.05, 3.63) is 53.3 Å². The zero-order valence-electron chi connectivity index (χ0n) is 16.4. The predicted molar refractivity (Wildman–Crippen MR) is 117 cm³/mol. The smallest absolute Gasteiger partial charge is 0.223 e. The summed E-state index contributed by atoms with van der Waals surface area (Å²) in [6.07, 6.45) is 11.0. The van der Waals surface area contributed by atoms with Gasteiger partial charge in [0.25, 0.3) is 0 Å². The van der Waals surface area contributed by atoms with Crippen LogP contribution in [-0.2, 0) is 11.2 Å². The van der Waals surface area contributed by atoms with Gasteiger partial charge in [0.2, 0.25) is 5.91 Å². The molecule has 1 aromatic carbocycles. The van der Waals surface area contributed by atoms with E-state index in [0.717, 1.165) is 54.8 Å². The summed E-state index contributed by atoms with van der Waals surface area (Å²) >= 11 is 6.63. The van der Waals surface area contributed by atoms with Gasteiger partial charge in [0, 0.05) is 41.5 Å². The van der Waals surface area contributed by atoms with E-state index in [-0.39, 0.29) is 17.9 Å². The van der Waals surface area contributed by atoms with Gasteiger partial charge in [-0.25, -0.2) is 0 Å². The van der Waals surface area contributed by atoms with Gasteiger partial charge in [-0.05, 0) is 68.2 Å². The summed E-state index contributed by atoms with van der Waals surface area (Å²) in [5, 5.41) is 0.834. The SMILES string of the molecule is CC1(N2CCCC2=O)CCCC(Cc2ccc(-c3cccnc3)cc2Cl)C1.Cl. The summed E-state index contributed by atoms with van der Waals surface area (Å²) in [5.41, 5.74) is 3.43. The largest absolute Gasteiger partial charge is 0.337 e. The first-order valence-electron chi connectivity index (χ1n) is 10.0. The van der Waals surface area contributed by atoms with E-state index in [0.29, 0.717) is 11.8 Å². The number of likely N-dealkylation sites (tertiary alicyclic amines) is 1. The Hall–Kier alpha value is -1.58. The van der Waals surface area contributed by atoms with Crippen LogP contribution in [0.5, 0.6) is 0 Å². The molecule has 1 amide bonds. The normalized spacial score (nSPS) is 24.9. The van der Waals surface area contributed by atoms with Crippen molar-refractivity contribution in [3.8, 4) is 11.1 Å². The number of benzene rings is 1. The molecule has 5 heteroatoms. The lowest BCUT2D eigenvalue weighted by atomic mass is 9.73. The average Bonchev–Trinajstić information content (AvgIpc) is 3.11. The molecule has 0 N–H and O–H groups in total.